The van der Waals surface area contributed by atoms with E-state index in [9.17, 15) is 14.9 Å². The second-order valence-electron chi connectivity index (χ2n) is 5.92. The summed E-state index contributed by atoms with van der Waals surface area (Å²) in [4.78, 5) is 23.6. The number of hydrogen-bond donors (Lipinski definition) is 0. The first kappa shape index (κ1) is 19.0. The molecular weight excluding hydrogens is 364 g/mol. The van der Waals surface area contributed by atoms with Crippen LogP contribution in [0.1, 0.15) is 20.3 Å². The molecule has 3 rings (SSSR count). The van der Waals surface area contributed by atoms with Gasteiger partial charge in [-0.1, -0.05) is 25.1 Å². The quantitative estimate of drug-likeness (QED) is 0.249. The molecule has 140 valence electrons. The van der Waals surface area contributed by atoms with Crippen molar-refractivity contribution < 1.29 is 14.5 Å². The molecule has 0 aliphatic rings. The Hall–Kier alpha value is -2.80. The molecule has 0 aliphatic heterocycles. The van der Waals surface area contributed by atoms with Crippen LogP contribution in [0.5, 0.6) is 0 Å². The number of nitro groups is 1. The average Bonchev–Trinajstić information content (AvgIpc) is 3.05. The second kappa shape index (κ2) is 8.26. The van der Waals surface area contributed by atoms with E-state index in [-0.39, 0.29) is 16.9 Å². The fourth-order valence-corrected chi connectivity index (χ4v) is 3.98. The van der Waals surface area contributed by atoms with Gasteiger partial charge in [0.1, 0.15) is 5.25 Å². The number of nitrogens with zero attached hydrogens (tertiary/aromatic N) is 2. The maximum Gasteiger partial charge on any atom is 0.319 e. The topological polar surface area (TPSA) is 74.4 Å². The minimum absolute atomic E-state index is 0.0539. The number of non-ortho nitro benzene ring substituents is 1. The zero-order valence-electron chi connectivity index (χ0n) is 15.1. The van der Waals surface area contributed by atoms with Crippen LogP contribution in [0, 0.1) is 10.1 Å². The SMILES string of the molecule is CCOC(=O)C(CC)Sc1cn(-c2ccc([N+](=O)[O-])cc2)c2ccccc12. The standard InChI is InChI=1S/C20H20N2O4S/c1-3-18(20(23)26-4-2)27-19-13-21(17-8-6-5-7-16(17)19)14-9-11-15(12-10-14)22(24)25/h5-13,18H,3-4H2,1-2H3. The average molecular weight is 384 g/mol. The molecule has 1 unspecified atom stereocenters. The minimum atomic E-state index is -0.413. The lowest BCUT2D eigenvalue weighted by Gasteiger charge is -2.12. The van der Waals surface area contributed by atoms with E-state index in [1.165, 1.54) is 23.9 Å². The molecule has 0 fully saturated rings. The van der Waals surface area contributed by atoms with E-state index >= 15 is 0 Å². The Balaban J connectivity index is 2.01. The monoisotopic (exact) mass is 384 g/mol. The van der Waals surface area contributed by atoms with Crippen molar-refractivity contribution in [3.05, 3.63) is 64.8 Å². The number of benzene rings is 2. The number of thioether (sulfide) groups is 1. The summed E-state index contributed by atoms with van der Waals surface area (Å²) in [5, 5.41) is 11.6. The highest BCUT2D eigenvalue weighted by Crippen LogP contribution is 2.35. The van der Waals surface area contributed by atoms with Gasteiger partial charge in [-0.25, -0.2) is 0 Å². The lowest BCUT2D eigenvalue weighted by molar-refractivity contribution is -0.384. The number of carbonyl (C=O) groups is 1. The predicted octanol–water partition coefficient (Wildman–Crippen LogP) is 4.97. The van der Waals surface area contributed by atoms with Crippen molar-refractivity contribution in [1.29, 1.82) is 0 Å². The van der Waals surface area contributed by atoms with Gasteiger partial charge < -0.3 is 9.30 Å². The number of nitro benzene ring substituents is 1. The molecule has 27 heavy (non-hydrogen) atoms. The van der Waals surface area contributed by atoms with Gasteiger partial charge in [-0.05, 0) is 31.5 Å². The van der Waals surface area contributed by atoms with Gasteiger partial charge in [0.2, 0.25) is 0 Å². The van der Waals surface area contributed by atoms with E-state index in [1.54, 1.807) is 19.1 Å². The van der Waals surface area contributed by atoms with Gasteiger partial charge in [0.05, 0.1) is 17.0 Å². The summed E-state index contributed by atoms with van der Waals surface area (Å²) in [7, 11) is 0. The van der Waals surface area contributed by atoms with E-state index in [1.807, 2.05) is 42.0 Å². The Labute approximate surface area is 161 Å². The van der Waals surface area contributed by atoms with Gasteiger partial charge in [0, 0.05) is 34.3 Å². The first-order chi connectivity index (χ1) is 13.0. The number of esters is 1. The third-order valence-electron chi connectivity index (χ3n) is 4.20. The minimum Gasteiger partial charge on any atom is -0.465 e. The van der Waals surface area contributed by atoms with Crippen LogP contribution in [0.25, 0.3) is 16.6 Å². The molecule has 0 amide bonds. The first-order valence-electron chi connectivity index (χ1n) is 8.73. The smallest absolute Gasteiger partial charge is 0.319 e. The molecule has 2 aromatic carbocycles. The van der Waals surface area contributed by atoms with Gasteiger partial charge in [-0.3, -0.25) is 14.9 Å². The van der Waals surface area contributed by atoms with Gasteiger partial charge in [-0.2, -0.15) is 0 Å². The molecule has 1 heterocycles. The molecule has 0 N–H and O–H groups in total. The van der Waals surface area contributed by atoms with Crippen molar-refractivity contribution in [3.63, 3.8) is 0 Å². The zero-order chi connectivity index (χ0) is 19.4. The first-order valence-corrected chi connectivity index (χ1v) is 9.61. The van der Waals surface area contributed by atoms with Crippen molar-refractivity contribution >= 4 is 34.3 Å². The number of rotatable bonds is 7. The van der Waals surface area contributed by atoms with Crippen LogP contribution >= 0.6 is 11.8 Å². The van der Waals surface area contributed by atoms with Crippen LogP contribution in [0.15, 0.2) is 59.6 Å². The number of para-hydroxylation sites is 1. The fourth-order valence-electron chi connectivity index (χ4n) is 2.88. The van der Waals surface area contributed by atoms with E-state index in [0.717, 1.165) is 21.5 Å². The highest BCUT2D eigenvalue weighted by molar-refractivity contribution is 8.00. The van der Waals surface area contributed by atoms with E-state index < -0.39 is 4.92 Å². The molecule has 0 saturated carbocycles. The fraction of sp³-hybridized carbons (Fsp3) is 0.250. The van der Waals surface area contributed by atoms with Crippen molar-refractivity contribution in [2.75, 3.05) is 6.61 Å². The van der Waals surface area contributed by atoms with Gasteiger partial charge in [0.15, 0.2) is 0 Å². The van der Waals surface area contributed by atoms with E-state index in [2.05, 4.69) is 0 Å². The second-order valence-corrected chi connectivity index (χ2v) is 7.17. The number of hydrogen-bond acceptors (Lipinski definition) is 5. The molecule has 3 aromatic rings. The highest BCUT2D eigenvalue weighted by Gasteiger charge is 2.22. The zero-order valence-corrected chi connectivity index (χ0v) is 15.9. The molecule has 1 atom stereocenters. The number of fused-ring (bicyclic) bond motifs is 1. The predicted molar refractivity (Wildman–Crippen MR) is 106 cm³/mol. The summed E-state index contributed by atoms with van der Waals surface area (Å²) in [6.07, 6.45) is 2.64. The molecule has 1 aromatic heterocycles. The summed E-state index contributed by atoms with van der Waals surface area (Å²) < 4.78 is 7.16. The lowest BCUT2D eigenvalue weighted by atomic mass is 10.2. The number of carbonyl (C=O) groups excluding carboxylic acids is 1. The maximum atomic E-state index is 12.2. The summed E-state index contributed by atoms with van der Waals surface area (Å²) in [5.41, 5.74) is 1.86. The normalized spacial score (nSPS) is 12.1. The van der Waals surface area contributed by atoms with Crippen molar-refractivity contribution in [1.82, 2.24) is 4.57 Å². The summed E-state index contributed by atoms with van der Waals surface area (Å²) in [6, 6.07) is 14.3. The maximum absolute atomic E-state index is 12.2. The highest BCUT2D eigenvalue weighted by atomic mass is 32.2. The van der Waals surface area contributed by atoms with Crippen LogP contribution in [0.2, 0.25) is 0 Å². The van der Waals surface area contributed by atoms with Gasteiger partial charge >= 0.3 is 5.97 Å². The summed E-state index contributed by atoms with van der Waals surface area (Å²) in [5.74, 6) is -0.211. The van der Waals surface area contributed by atoms with E-state index in [4.69, 9.17) is 4.74 Å². The van der Waals surface area contributed by atoms with Crippen LogP contribution in [0.4, 0.5) is 5.69 Å². The molecule has 6 nitrogen and oxygen atoms in total. The third kappa shape index (κ3) is 3.98. The van der Waals surface area contributed by atoms with Crippen LogP contribution < -0.4 is 0 Å². The molecule has 0 saturated heterocycles. The van der Waals surface area contributed by atoms with Crippen LogP contribution in [0.3, 0.4) is 0 Å². The van der Waals surface area contributed by atoms with E-state index in [0.29, 0.717) is 13.0 Å². The number of aromatic nitrogens is 1. The van der Waals surface area contributed by atoms with Crippen LogP contribution in [-0.4, -0.2) is 27.3 Å². The van der Waals surface area contributed by atoms with Crippen molar-refractivity contribution in [2.45, 2.75) is 30.4 Å². The Kier molecular flexibility index (Phi) is 5.81. The van der Waals surface area contributed by atoms with Gasteiger partial charge in [0.25, 0.3) is 5.69 Å². The molecule has 0 radical (unpaired) electrons. The summed E-state index contributed by atoms with van der Waals surface area (Å²) >= 11 is 1.49. The lowest BCUT2D eigenvalue weighted by Crippen LogP contribution is -2.19. The Morgan fingerprint density at radius 1 is 1.19 bits per heavy atom. The molecule has 0 aliphatic carbocycles. The number of ether oxygens (including phenoxy) is 1. The largest absolute Gasteiger partial charge is 0.465 e. The van der Waals surface area contributed by atoms with Crippen molar-refractivity contribution in [3.8, 4) is 5.69 Å². The molecular formula is C20H20N2O4S. The molecule has 7 heteroatoms. The van der Waals surface area contributed by atoms with Gasteiger partial charge in [-0.15, -0.1) is 11.8 Å². The summed E-state index contributed by atoms with van der Waals surface area (Å²) in [6.45, 7) is 4.13. The Morgan fingerprint density at radius 3 is 2.52 bits per heavy atom. The Morgan fingerprint density at radius 2 is 1.89 bits per heavy atom. The molecule has 0 spiro atoms. The molecule has 0 bridgehead atoms. The van der Waals surface area contributed by atoms with Crippen molar-refractivity contribution in [2.24, 2.45) is 0 Å². The Bertz CT molecular complexity index is 966. The van der Waals surface area contributed by atoms with Crippen LogP contribution in [-0.2, 0) is 9.53 Å². The third-order valence-corrected chi connectivity index (χ3v) is 5.59.